The molecule has 3 rings (SSSR count). The second kappa shape index (κ2) is 9.55. The first-order valence-corrected chi connectivity index (χ1v) is 10.1. The van der Waals surface area contributed by atoms with Crippen molar-refractivity contribution in [2.75, 3.05) is 23.7 Å². The highest BCUT2D eigenvalue weighted by Gasteiger charge is 2.15. The maximum Gasteiger partial charge on any atom is 0.321 e. The molecule has 2 aromatic rings. The smallest absolute Gasteiger partial charge is 0.321 e. The molecule has 1 fully saturated rings. The van der Waals surface area contributed by atoms with Gasteiger partial charge in [0.15, 0.2) is 0 Å². The van der Waals surface area contributed by atoms with Crippen molar-refractivity contribution in [3.05, 3.63) is 58.6 Å². The molecule has 1 heterocycles. The van der Waals surface area contributed by atoms with Gasteiger partial charge in [-0.2, -0.15) is 0 Å². The molecule has 0 atom stereocenters. The summed E-state index contributed by atoms with van der Waals surface area (Å²) in [6, 6.07) is 14.9. The molecule has 27 heavy (non-hydrogen) atoms. The summed E-state index contributed by atoms with van der Waals surface area (Å²) < 4.78 is 0.990. The van der Waals surface area contributed by atoms with Gasteiger partial charge in [-0.05, 0) is 54.8 Å². The van der Waals surface area contributed by atoms with Crippen LogP contribution < -0.4 is 10.6 Å². The molecule has 1 saturated heterocycles. The van der Waals surface area contributed by atoms with Gasteiger partial charge in [-0.3, -0.25) is 4.79 Å². The van der Waals surface area contributed by atoms with Gasteiger partial charge in [0.2, 0.25) is 5.91 Å². The molecule has 0 bridgehead atoms. The van der Waals surface area contributed by atoms with E-state index in [0.717, 1.165) is 41.7 Å². The summed E-state index contributed by atoms with van der Waals surface area (Å²) in [6.45, 7) is 1.63. The number of nitrogens with zero attached hydrogens (tertiary/aromatic N) is 1. The van der Waals surface area contributed by atoms with E-state index in [9.17, 15) is 9.59 Å². The Morgan fingerprint density at radius 2 is 1.37 bits per heavy atom. The number of carbonyl (C=O) groups is 2. The van der Waals surface area contributed by atoms with Gasteiger partial charge in [0.1, 0.15) is 0 Å². The zero-order valence-corrected chi connectivity index (χ0v) is 16.8. The third kappa shape index (κ3) is 6.10. The van der Waals surface area contributed by atoms with Gasteiger partial charge in [0, 0.05) is 28.9 Å². The van der Waals surface area contributed by atoms with E-state index in [4.69, 9.17) is 0 Å². The largest absolute Gasteiger partial charge is 0.326 e. The summed E-state index contributed by atoms with van der Waals surface area (Å²) in [5, 5.41) is 5.82. The van der Waals surface area contributed by atoms with Gasteiger partial charge < -0.3 is 15.5 Å². The van der Waals surface area contributed by atoms with E-state index < -0.39 is 0 Å². The van der Waals surface area contributed by atoms with Crippen LogP contribution in [-0.4, -0.2) is 29.9 Å². The second-order valence-corrected chi connectivity index (χ2v) is 7.68. The Morgan fingerprint density at radius 3 is 1.96 bits per heavy atom. The normalized spacial score (nSPS) is 14.3. The third-order valence-electron chi connectivity index (χ3n) is 4.59. The Labute approximate surface area is 168 Å². The van der Waals surface area contributed by atoms with Crippen molar-refractivity contribution in [1.82, 2.24) is 4.90 Å². The molecule has 3 amide bonds. The van der Waals surface area contributed by atoms with Gasteiger partial charge in [0.25, 0.3) is 0 Å². The van der Waals surface area contributed by atoms with E-state index in [1.54, 1.807) is 12.1 Å². The lowest BCUT2D eigenvalue weighted by molar-refractivity contribution is -0.115. The van der Waals surface area contributed by atoms with Crippen LogP contribution in [0.15, 0.2) is 53.0 Å². The number of anilines is 2. The molecular weight excluding hydrogens is 406 g/mol. The number of halogens is 1. The van der Waals surface area contributed by atoms with Crippen LogP contribution in [0.4, 0.5) is 16.2 Å². The summed E-state index contributed by atoms with van der Waals surface area (Å²) in [5.41, 5.74) is 2.40. The number of benzene rings is 2. The van der Waals surface area contributed by atoms with E-state index in [0.29, 0.717) is 12.1 Å². The van der Waals surface area contributed by atoms with Crippen LogP contribution in [0.5, 0.6) is 0 Å². The number of hydrogen-bond acceptors (Lipinski definition) is 2. The molecule has 0 saturated carbocycles. The number of hydrogen-bond donors (Lipinski definition) is 2. The lowest BCUT2D eigenvalue weighted by Crippen LogP contribution is -2.35. The van der Waals surface area contributed by atoms with Gasteiger partial charge in [0.05, 0.1) is 6.42 Å². The Bertz CT molecular complexity index is 767. The lowest BCUT2D eigenvalue weighted by Gasteiger charge is -2.20. The first kappa shape index (κ1) is 19.4. The molecule has 5 nitrogen and oxygen atoms in total. The first-order valence-electron chi connectivity index (χ1n) is 9.30. The summed E-state index contributed by atoms with van der Waals surface area (Å²) >= 11 is 3.38. The lowest BCUT2D eigenvalue weighted by atomic mass is 10.1. The molecule has 142 valence electrons. The minimum atomic E-state index is -0.0707. The van der Waals surface area contributed by atoms with Crippen LogP contribution >= 0.6 is 15.9 Å². The number of urea groups is 1. The quantitative estimate of drug-likeness (QED) is 0.714. The predicted molar refractivity (Wildman–Crippen MR) is 112 cm³/mol. The highest BCUT2D eigenvalue weighted by Crippen LogP contribution is 2.17. The van der Waals surface area contributed by atoms with Crippen molar-refractivity contribution >= 4 is 39.2 Å². The molecule has 1 aliphatic heterocycles. The van der Waals surface area contributed by atoms with Crippen LogP contribution in [0.2, 0.25) is 0 Å². The van der Waals surface area contributed by atoms with Crippen molar-refractivity contribution in [1.29, 1.82) is 0 Å². The predicted octanol–water partition coefficient (Wildman–Crippen LogP) is 5.04. The monoisotopic (exact) mass is 429 g/mol. The maximum absolute atomic E-state index is 12.4. The van der Waals surface area contributed by atoms with Crippen molar-refractivity contribution in [2.45, 2.75) is 32.1 Å². The second-order valence-electron chi connectivity index (χ2n) is 6.76. The Hall–Kier alpha value is -2.34. The first-order chi connectivity index (χ1) is 13.1. The van der Waals surface area contributed by atoms with E-state index in [1.807, 2.05) is 41.3 Å². The summed E-state index contributed by atoms with van der Waals surface area (Å²) in [5.74, 6) is -0.0707. The fraction of sp³-hybridized carbons (Fsp3) is 0.333. The van der Waals surface area contributed by atoms with E-state index in [2.05, 4.69) is 26.6 Å². The highest BCUT2D eigenvalue weighted by atomic mass is 79.9. The van der Waals surface area contributed by atoms with Gasteiger partial charge in [-0.15, -0.1) is 0 Å². The van der Waals surface area contributed by atoms with Gasteiger partial charge in [-0.25, -0.2) is 4.79 Å². The van der Waals surface area contributed by atoms with E-state index >= 15 is 0 Å². The minimum Gasteiger partial charge on any atom is -0.326 e. The number of carbonyl (C=O) groups excluding carboxylic acids is 2. The fourth-order valence-electron chi connectivity index (χ4n) is 3.11. The molecule has 0 aromatic heterocycles. The van der Waals surface area contributed by atoms with Gasteiger partial charge >= 0.3 is 6.03 Å². The third-order valence-corrected chi connectivity index (χ3v) is 5.12. The summed E-state index contributed by atoms with van der Waals surface area (Å²) in [6.07, 6.45) is 4.84. The molecule has 2 aromatic carbocycles. The number of amides is 3. The Kier molecular flexibility index (Phi) is 6.87. The van der Waals surface area contributed by atoms with E-state index in [1.165, 1.54) is 12.8 Å². The average molecular weight is 430 g/mol. The minimum absolute atomic E-state index is 0.0519. The van der Waals surface area contributed by atoms with Crippen molar-refractivity contribution < 1.29 is 9.59 Å². The van der Waals surface area contributed by atoms with Crippen molar-refractivity contribution in [3.8, 4) is 0 Å². The number of likely N-dealkylation sites (tertiary alicyclic amines) is 1. The van der Waals surface area contributed by atoms with Crippen LogP contribution in [-0.2, 0) is 11.2 Å². The molecule has 1 aliphatic rings. The van der Waals surface area contributed by atoms with Gasteiger partial charge in [-0.1, -0.05) is 40.9 Å². The fourth-order valence-corrected chi connectivity index (χ4v) is 3.37. The number of nitrogens with one attached hydrogen (secondary N) is 2. The molecular formula is C21H24BrN3O2. The SMILES string of the molecule is O=C(Cc1ccc(Br)cc1)Nc1ccc(NC(=O)N2CCCCCC2)cc1. The molecule has 0 aliphatic carbocycles. The Morgan fingerprint density at radius 1 is 0.815 bits per heavy atom. The van der Waals surface area contributed by atoms with Crippen molar-refractivity contribution in [3.63, 3.8) is 0 Å². The topological polar surface area (TPSA) is 61.4 Å². The molecule has 0 radical (unpaired) electrons. The maximum atomic E-state index is 12.4. The zero-order chi connectivity index (χ0) is 19.1. The molecule has 6 heteroatoms. The van der Waals surface area contributed by atoms with Crippen LogP contribution in [0.3, 0.4) is 0 Å². The molecule has 0 unspecified atom stereocenters. The number of rotatable bonds is 4. The van der Waals surface area contributed by atoms with E-state index in [-0.39, 0.29) is 11.9 Å². The van der Waals surface area contributed by atoms with Crippen LogP contribution in [0, 0.1) is 0 Å². The Balaban J connectivity index is 1.51. The highest BCUT2D eigenvalue weighted by molar-refractivity contribution is 9.10. The standard InChI is InChI=1S/C21H24BrN3O2/c22-17-7-5-16(6-8-17)15-20(26)23-18-9-11-19(12-10-18)24-21(27)25-13-3-1-2-4-14-25/h5-12H,1-4,13-15H2,(H,23,26)(H,24,27). The summed E-state index contributed by atoms with van der Waals surface area (Å²) in [4.78, 5) is 26.4. The van der Waals surface area contributed by atoms with Crippen molar-refractivity contribution in [2.24, 2.45) is 0 Å². The molecule has 2 N–H and O–H groups in total. The molecule has 0 spiro atoms. The zero-order valence-electron chi connectivity index (χ0n) is 15.2. The summed E-state index contributed by atoms with van der Waals surface area (Å²) in [7, 11) is 0. The average Bonchev–Trinajstić information content (AvgIpc) is 2.95. The van der Waals surface area contributed by atoms with Crippen LogP contribution in [0.25, 0.3) is 0 Å². The van der Waals surface area contributed by atoms with Crippen LogP contribution in [0.1, 0.15) is 31.2 Å².